The summed E-state index contributed by atoms with van der Waals surface area (Å²) in [5.41, 5.74) is 0.312. The second kappa shape index (κ2) is 4.45. The van der Waals surface area contributed by atoms with Gasteiger partial charge in [0.15, 0.2) is 0 Å². The first-order valence-electron chi connectivity index (χ1n) is 3.86. The van der Waals surface area contributed by atoms with Gasteiger partial charge >= 0.3 is 5.97 Å². The van der Waals surface area contributed by atoms with E-state index in [9.17, 15) is 4.79 Å². The zero-order chi connectivity index (χ0) is 11.4. The molecule has 0 aliphatic carbocycles. The summed E-state index contributed by atoms with van der Waals surface area (Å²) >= 11 is 5.75. The summed E-state index contributed by atoms with van der Waals surface area (Å²) in [6, 6.07) is 6.13. The summed E-state index contributed by atoms with van der Waals surface area (Å²) in [6.07, 6.45) is 0. The van der Waals surface area contributed by atoms with Gasteiger partial charge < -0.3 is 4.74 Å². The molecule has 0 heterocycles. The second-order valence-electron chi connectivity index (χ2n) is 2.59. The lowest BCUT2D eigenvalue weighted by atomic mass is 10.1. The summed E-state index contributed by atoms with van der Waals surface area (Å²) in [7, 11) is 1.21. The van der Waals surface area contributed by atoms with Crippen LogP contribution in [-0.4, -0.2) is 13.1 Å². The zero-order valence-corrected chi connectivity index (χ0v) is 8.50. The number of halogens is 1. The average Bonchev–Trinajstić information content (AvgIpc) is 2.27. The van der Waals surface area contributed by atoms with Crippen LogP contribution in [0.25, 0.3) is 0 Å². The lowest BCUT2D eigenvalue weighted by Crippen LogP contribution is -2.03. The van der Waals surface area contributed by atoms with E-state index in [0.29, 0.717) is 0 Å². The van der Waals surface area contributed by atoms with Gasteiger partial charge in [-0.15, -0.1) is 0 Å². The molecule has 74 valence electrons. The number of carbonyl (C=O) groups is 1. The van der Waals surface area contributed by atoms with Crippen molar-refractivity contribution in [1.29, 1.82) is 10.5 Å². The van der Waals surface area contributed by atoms with Crippen molar-refractivity contribution in [2.45, 2.75) is 0 Å². The number of esters is 1. The number of methoxy groups -OCH3 is 1. The molecule has 1 aromatic rings. The van der Waals surface area contributed by atoms with Crippen LogP contribution < -0.4 is 0 Å². The number of carbonyl (C=O) groups excluding carboxylic acids is 1. The van der Waals surface area contributed by atoms with Crippen LogP contribution in [-0.2, 0) is 4.74 Å². The van der Waals surface area contributed by atoms with Crippen molar-refractivity contribution in [2.75, 3.05) is 7.11 Å². The fraction of sp³-hybridized carbons (Fsp3) is 0.100. The van der Waals surface area contributed by atoms with E-state index in [1.54, 1.807) is 6.07 Å². The fourth-order valence-electron chi connectivity index (χ4n) is 1.02. The molecular formula is C10H5ClN2O2. The minimum atomic E-state index is -0.638. The molecule has 5 heteroatoms. The molecule has 0 spiro atoms. The van der Waals surface area contributed by atoms with E-state index in [-0.39, 0.29) is 21.7 Å². The first-order chi connectivity index (χ1) is 7.13. The Morgan fingerprint density at radius 2 is 1.87 bits per heavy atom. The van der Waals surface area contributed by atoms with Gasteiger partial charge in [0.1, 0.15) is 12.1 Å². The third-order valence-corrected chi connectivity index (χ3v) is 2.07. The van der Waals surface area contributed by atoms with Crippen LogP contribution in [0.15, 0.2) is 12.1 Å². The third-order valence-electron chi connectivity index (χ3n) is 1.75. The fourth-order valence-corrected chi connectivity index (χ4v) is 1.27. The highest BCUT2D eigenvalue weighted by atomic mass is 35.5. The zero-order valence-electron chi connectivity index (χ0n) is 7.74. The molecule has 0 aliphatic rings. The van der Waals surface area contributed by atoms with Crippen LogP contribution in [0.3, 0.4) is 0 Å². The molecule has 1 rings (SSSR count). The Balaban J connectivity index is 3.42. The molecule has 0 aliphatic heterocycles. The van der Waals surface area contributed by atoms with Crippen LogP contribution in [0.4, 0.5) is 0 Å². The van der Waals surface area contributed by atoms with Crippen molar-refractivity contribution < 1.29 is 9.53 Å². The molecule has 4 nitrogen and oxygen atoms in total. The second-order valence-corrected chi connectivity index (χ2v) is 3.00. The number of hydrogen-bond donors (Lipinski definition) is 0. The van der Waals surface area contributed by atoms with E-state index in [4.69, 9.17) is 22.1 Å². The molecule has 0 unspecified atom stereocenters. The Morgan fingerprint density at radius 3 is 2.33 bits per heavy atom. The van der Waals surface area contributed by atoms with Gasteiger partial charge in [0, 0.05) is 0 Å². The Hall–Kier alpha value is -2.04. The third kappa shape index (κ3) is 2.07. The number of hydrogen-bond acceptors (Lipinski definition) is 4. The first-order valence-corrected chi connectivity index (χ1v) is 4.24. The molecule has 1 aromatic carbocycles. The molecule has 0 atom stereocenters. The standard InChI is InChI=1S/C10H5ClN2O2/c1-15-10(14)8-2-6(4-12)7(5-13)3-9(8)11/h2-3H,1H3. The Bertz CT molecular complexity index is 497. The minimum absolute atomic E-state index is 0.0784. The van der Waals surface area contributed by atoms with E-state index in [1.807, 2.05) is 6.07 Å². The van der Waals surface area contributed by atoms with Gasteiger partial charge in [-0.05, 0) is 12.1 Å². The van der Waals surface area contributed by atoms with E-state index in [0.717, 1.165) is 0 Å². The molecular weight excluding hydrogens is 216 g/mol. The molecule has 0 amide bonds. The van der Waals surface area contributed by atoms with Gasteiger partial charge in [0.05, 0.1) is 28.8 Å². The smallest absolute Gasteiger partial charge is 0.339 e. The summed E-state index contributed by atoms with van der Waals surface area (Å²) in [5.74, 6) is -0.638. The Kier molecular flexibility index (Phi) is 3.28. The van der Waals surface area contributed by atoms with Gasteiger partial charge in [-0.2, -0.15) is 10.5 Å². The molecule has 0 saturated carbocycles. The monoisotopic (exact) mass is 220 g/mol. The Morgan fingerprint density at radius 1 is 1.33 bits per heavy atom. The van der Waals surface area contributed by atoms with Gasteiger partial charge in [-0.25, -0.2) is 4.79 Å². The summed E-state index contributed by atoms with van der Waals surface area (Å²) in [5, 5.41) is 17.5. The molecule has 0 N–H and O–H groups in total. The SMILES string of the molecule is COC(=O)c1cc(C#N)c(C#N)cc1Cl. The quantitative estimate of drug-likeness (QED) is 0.677. The number of ether oxygens (including phenoxy) is 1. The maximum Gasteiger partial charge on any atom is 0.339 e. The molecule has 15 heavy (non-hydrogen) atoms. The average molecular weight is 221 g/mol. The molecule has 0 saturated heterocycles. The van der Waals surface area contributed by atoms with Gasteiger partial charge in [0.2, 0.25) is 0 Å². The highest BCUT2D eigenvalue weighted by Gasteiger charge is 2.14. The van der Waals surface area contributed by atoms with Crippen LogP contribution in [0.2, 0.25) is 5.02 Å². The highest BCUT2D eigenvalue weighted by molar-refractivity contribution is 6.33. The first kappa shape index (κ1) is 11.0. The molecule has 0 radical (unpaired) electrons. The van der Waals surface area contributed by atoms with Crippen LogP contribution in [0.1, 0.15) is 21.5 Å². The van der Waals surface area contributed by atoms with Gasteiger partial charge in [0.25, 0.3) is 0 Å². The topological polar surface area (TPSA) is 73.9 Å². The lowest BCUT2D eigenvalue weighted by molar-refractivity contribution is 0.0601. The molecule has 0 fully saturated rings. The van der Waals surface area contributed by atoms with E-state index < -0.39 is 5.97 Å². The maximum atomic E-state index is 11.2. The van der Waals surface area contributed by atoms with Crippen molar-refractivity contribution in [3.63, 3.8) is 0 Å². The number of rotatable bonds is 1. The van der Waals surface area contributed by atoms with Crippen LogP contribution in [0.5, 0.6) is 0 Å². The van der Waals surface area contributed by atoms with Crippen molar-refractivity contribution in [1.82, 2.24) is 0 Å². The summed E-state index contributed by atoms with van der Waals surface area (Å²) < 4.78 is 4.47. The lowest BCUT2D eigenvalue weighted by Gasteiger charge is -2.03. The minimum Gasteiger partial charge on any atom is -0.465 e. The van der Waals surface area contributed by atoms with Crippen molar-refractivity contribution in [3.8, 4) is 12.1 Å². The largest absolute Gasteiger partial charge is 0.465 e. The van der Waals surface area contributed by atoms with E-state index in [1.165, 1.54) is 19.2 Å². The normalized spacial score (nSPS) is 8.80. The van der Waals surface area contributed by atoms with Gasteiger partial charge in [-0.3, -0.25) is 0 Å². The number of benzene rings is 1. The summed E-state index contributed by atoms with van der Waals surface area (Å²) in [4.78, 5) is 11.2. The van der Waals surface area contributed by atoms with Crippen molar-refractivity contribution >= 4 is 17.6 Å². The Labute approximate surface area is 91.3 Å². The number of nitrogens with zero attached hydrogens (tertiary/aromatic N) is 2. The maximum absolute atomic E-state index is 11.2. The summed E-state index contributed by atoms with van der Waals surface area (Å²) in [6.45, 7) is 0. The predicted octanol–water partition coefficient (Wildman–Crippen LogP) is 1.87. The predicted molar refractivity (Wildman–Crippen MR) is 52.2 cm³/mol. The van der Waals surface area contributed by atoms with Crippen LogP contribution in [0, 0.1) is 22.7 Å². The van der Waals surface area contributed by atoms with E-state index >= 15 is 0 Å². The highest BCUT2D eigenvalue weighted by Crippen LogP contribution is 2.21. The van der Waals surface area contributed by atoms with Crippen LogP contribution >= 0.6 is 11.6 Å². The van der Waals surface area contributed by atoms with E-state index in [2.05, 4.69) is 4.74 Å². The van der Waals surface area contributed by atoms with Crippen molar-refractivity contribution in [3.05, 3.63) is 33.8 Å². The molecule has 0 aromatic heterocycles. The molecule has 0 bridgehead atoms. The van der Waals surface area contributed by atoms with Gasteiger partial charge in [-0.1, -0.05) is 11.6 Å². The number of nitriles is 2. The van der Waals surface area contributed by atoms with Crippen molar-refractivity contribution in [2.24, 2.45) is 0 Å².